The van der Waals surface area contributed by atoms with E-state index in [2.05, 4.69) is 4.98 Å². The van der Waals surface area contributed by atoms with Crippen molar-refractivity contribution in [1.29, 1.82) is 0 Å². The predicted octanol–water partition coefficient (Wildman–Crippen LogP) is 4.36. The smallest absolute Gasteiger partial charge is 0.318 e. The third-order valence-corrected chi connectivity index (χ3v) is 4.83. The number of fused-ring (bicyclic) bond motifs is 1. The highest BCUT2D eigenvalue weighted by atomic mass is 35.5. The number of aromatic nitrogens is 1. The third-order valence-electron chi connectivity index (χ3n) is 4.83. The molecular weight excluding hydrogens is 450 g/mol. The highest BCUT2D eigenvalue weighted by Crippen LogP contribution is 2.33. The van der Waals surface area contributed by atoms with Crippen molar-refractivity contribution in [3.8, 4) is 17.2 Å². The maximum atomic E-state index is 11.3. The first-order valence-electron chi connectivity index (χ1n) is 10.1. The number of hydrogen-bond donors (Lipinski definition) is 2. The molecule has 0 aliphatic rings. The average Bonchev–Trinajstić information content (AvgIpc) is 2.76. The highest BCUT2D eigenvalue weighted by Gasteiger charge is 2.27. The Morgan fingerprint density at radius 1 is 1.03 bits per heavy atom. The van der Waals surface area contributed by atoms with Crippen molar-refractivity contribution in [2.45, 2.75) is 33.0 Å². The Hall–Kier alpha value is -3.52. The largest absolute Gasteiger partial charge is 0.497 e. The van der Waals surface area contributed by atoms with Gasteiger partial charge in [0.2, 0.25) is 0 Å². The van der Waals surface area contributed by atoms with Crippen LogP contribution in [0, 0.1) is 5.92 Å². The molecule has 33 heavy (non-hydrogen) atoms. The molecule has 0 aliphatic heterocycles. The Labute approximate surface area is 197 Å². The molecule has 9 heteroatoms. The lowest BCUT2D eigenvalue weighted by Gasteiger charge is -2.18. The summed E-state index contributed by atoms with van der Waals surface area (Å²) in [5, 5.41) is 19.2. The van der Waals surface area contributed by atoms with Crippen LogP contribution in [0.15, 0.2) is 48.7 Å². The van der Waals surface area contributed by atoms with Gasteiger partial charge in [-0.25, -0.2) is 0 Å². The molecule has 0 fully saturated rings. The molecule has 2 aromatic carbocycles. The number of hydrogen-bond acceptors (Lipinski definition) is 6. The van der Waals surface area contributed by atoms with Crippen LogP contribution in [0.4, 0.5) is 0 Å². The summed E-state index contributed by atoms with van der Waals surface area (Å²) >= 11 is 0. The molecule has 0 aliphatic carbocycles. The first-order valence-corrected chi connectivity index (χ1v) is 10.1. The zero-order valence-corrected chi connectivity index (χ0v) is 19.3. The van der Waals surface area contributed by atoms with Gasteiger partial charge < -0.3 is 24.4 Å². The number of pyridine rings is 1. The number of aliphatic carboxylic acids is 2. The van der Waals surface area contributed by atoms with E-state index in [0.29, 0.717) is 28.4 Å². The summed E-state index contributed by atoms with van der Waals surface area (Å²) in [6, 6.07) is 12.3. The molecule has 3 rings (SSSR count). The van der Waals surface area contributed by atoms with Gasteiger partial charge in [0.1, 0.15) is 23.9 Å². The first kappa shape index (κ1) is 25.7. The highest BCUT2D eigenvalue weighted by molar-refractivity contribution is 5.93. The minimum absolute atomic E-state index is 0. The van der Waals surface area contributed by atoms with Crippen LogP contribution in [0.2, 0.25) is 0 Å². The summed E-state index contributed by atoms with van der Waals surface area (Å²) in [5.74, 6) is -2.66. The molecule has 0 atom stereocenters. The summed E-state index contributed by atoms with van der Waals surface area (Å²) in [6.45, 7) is 3.94. The van der Waals surface area contributed by atoms with Gasteiger partial charge in [0.25, 0.3) is 0 Å². The number of benzene rings is 2. The molecule has 0 unspecified atom stereocenters. The van der Waals surface area contributed by atoms with E-state index in [4.69, 9.17) is 14.2 Å². The lowest BCUT2D eigenvalue weighted by Crippen LogP contribution is -2.25. The summed E-state index contributed by atoms with van der Waals surface area (Å²) in [7, 11) is 1.59. The van der Waals surface area contributed by atoms with Crippen LogP contribution < -0.4 is 14.2 Å². The fraction of sp³-hybridized carbons (Fsp3) is 0.292. The lowest BCUT2D eigenvalue weighted by molar-refractivity contribution is -0.154. The molecule has 8 nitrogen and oxygen atoms in total. The molecular formula is C24H26ClNO7. The van der Waals surface area contributed by atoms with E-state index in [-0.39, 0.29) is 31.5 Å². The average molecular weight is 476 g/mol. The van der Waals surface area contributed by atoms with Crippen LogP contribution in [0.25, 0.3) is 10.9 Å². The minimum atomic E-state index is -1.56. The van der Waals surface area contributed by atoms with Gasteiger partial charge in [-0.2, -0.15) is 0 Å². The number of ether oxygens (including phenoxy) is 3. The maximum Gasteiger partial charge on any atom is 0.318 e. The van der Waals surface area contributed by atoms with Gasteiger partial charge in [-0.3, -0.25) is 14.6 Å². The van der Waals surface area contributed by atoms with Crippen molar-refractivity contribution in [1.82, 2.24) is 4.98 Å². The molecule has 0 amide bonds. The SMILES string of the molecule is COc1ccc2ncc(COc3ccccc3CC(C(=O)O)C(=O)O)c(OC(C)C)c2c1.Cl. The van der Waals surface area contributed by atoms with Gasteiger partial charge in [0.15, 0.2) is 5.92 Å². The second-order valence-electron chi connectivity index (χ2n) is 7.49. The van der Waals surface area contributed by atoms with Crippen molar-refractivity contribution in [3.05, 3.63) is 59.8 Å². The second kappa shape index (κ2) is 11.4. The number of nitrogens with zero attached hydrogens (tertiary/aromatic N) is 1. The Morgan fingerprint density at radius 2 is 1.73 bits per heavy atom. The van der Waals surface area contributed by atoms with Crippen molar-refractivity contribution in [3.63, 3.8) is 0 Å². The number of halogens is 1. The van der Waals surface area contributed by atoms with Crippen LogP contribution >= 0.6 is 12.4 Å². The van der Waals surface area contributed by atoms with Gasteiger partial charge in [-0.05, 0) is 50.1 Å². The van der Waals surface area contributed by atoms with Crippen LogP contribution in [0.1, 0.15) is 25.0 Å². The Morgan fingerprint density at radius 3 is 2.36 bits per heavy atom. The fourth-order valence-electron chi connectivity index (χ4n) is 3.26. The van der Waals surface area contributed by atoms with E-state index in [1.54, 1.807) is 37.6 Å². The quantitative estimate of drug-likeness (QED) is 0.415. The summed E-state index contributed by atoms with van der Waals surface area (Å²) < 4.78 is 17.4. The molecule has 0 saturated heterocycles. The number of carboxylic acid groups (broad SMARTS) is 2. The van der Waals surface area contributed by atoms with Crippen molar-refractivity contribution < 1.29 is 34.0 Å². The molecule has 0 saturated carbocycles. The van der Waals surface area contributed by atoms with Crippen molar-refractivity contribution in [2.75, 3.05) is 7.11 Å². The molecule has 0 spiro atoms. The van der Waals surface area contributed by atoms with Crippen LogP contribution in [-0.4, -0.2) is 40.3 Å². The Kier molecular flexibility index (Phi) is 8.87. The normalized spacial score (nSPS) is 10.7. The zero-order chi connectivity index (χ0) is 23.3. The molecule has 0 radical (unpaired) electrons. The van der Waals surface area contributed by atoms with Crippen molar-refractivity contribution >= 4 is 35.2 Å². The number of methoxy groups -OCH3 is 1. The fourth-order valence-corrected chi connectivity index (χ4v) is 3.26. The monoisotopic (exact) mass is 475 g/mol. The van der Waals surface area contributed by atoms with Gasteiger partial charge >= 0.3 is 11.9 Å². The maximum absolute atomic E-state index is 11.3. The summed E-state index contributed by atoms with van der Waals surface area (Å²) in [5.41, 5.74) is 1.93. The van der Waals surface area contributed by atoms with E-state index >= 15 is 0 Å². The third kappa shape index (κ3) is 6.26. The number of rotatable bonds is 10. The summed E-state index contributed by atoms with van der Waals surface area (Å²) in [6.07, 6.45) is 1.39. The Bertz CT molecular complexity index is 1120. The Balaban J connectivity index is 0.00000385. The molecule has 176 valence electrons. The predicted molar refractivity (Wildman–Crippen MR) is 125 cm³/mol. The van der Waals surface area contributed by atoms with Crippen LogP contribution in [-0.2, 0) is 22.6 Å². The van der Waals surface area contributed by atoms with Gasteiger partial charge in [0, 0.05) is 11.6 Å². The van der Waals surface area contributed by atoms with E-state index in [1.165, 1.54) is 0 Å². The van der Waals surface area contributed by atoms with Crippen LogP contribution in [0.5, 0.6) is 17.2 Å². The van der Waals surface area contributed by atoms with Gasteiger partial charge in [-0.15, -0.1) is 12.4 Å². The second-order valence-corrected chi connectivity index (χ2v) is 7.49. The van der Waals surface area contributed by atoms with E-state index in [1.807, 2.05) is 32.0 Å². The van der Waals surface area contributed by atoms with Gasteiger partial charge in [-0.1, -0.05) is 18.2 Å². The molecule has 0 bridgehead atoms. The zero-order valence-electron chi connectivity index (χ0n) is 18.5. The first-order chi connectivity index (χ1) is 15.3. The standard InChI is InChI=1S/C24H25NO7.ClH/c1-14(2)32-22-16(12-25-20-9-8-17(30-3)11-18(20)22)13-31-21-7-5-4-6-15(21)10-19(23(26)27)24(28)29;/h4-9,11-12,14,19H,10,13H2,1-3H3,(H,26,27)(H,28,29);1H. The van der Waals surface area contributed by atoms with E-state index in [0.717, 1.165) is 10.9 Å². The summed E-state index contributed by atoms with van der Waals surface area (Å²) in [4.78, 5) is 27.1. The lowest BCUT2D eigenvalue weighted by atomic mass is 9.99. The van der Waals surface area contributed by atoms with Crippen molar-refractivity contribution in [2.24, 2.45) is 5.92 Å². The van der Waals surface area contributed by atoms with E-state index in [9.17, 15) is 19.8 Å². The van der Waals surface area contributed by atoms with Gasteiger partial charge in [0.05, 0.1) is 24.3 Å². The van der Waals surface area contributed by atoms with Crippen LogP contribution in [0.3, 0.4) is 0 Å². The number of carboxylic acids is 2. The minimum Gasteiger partial charge on any atom is -0.497 e. The number of carbonyl (C=O) groups is 2. The number of para-hydroxylation sites is 1. The molecule has 1 heterocycles. The molecule has 3 aromatic rings. The van der Waals surface area contributed by atoms with E-state index < -0.39 is 17.9 Å². The molecule has 1 aromatic heterocycles. The topological polar surface area (TPSA) is 115 Å². The molecule has 2 N–H and O–H groups in total.